The zero-order valence-electron chi connectivity index (χ0n) is 21.1. The third-order valence-corrected chi connectivity index (χ3v) is 6.92. The van der Waals surface area contributed by atoms with Crippen LogP contribution in [0.15, 0.2) is 42.9 Å². The third kappa shape index (κ3) is 4.73. The van der Waals surface area contributed by atoms with Gasteiger partial charge in [-0.3, -0.25) is 19.0 Å². The number of hydrogen-bond acceptors (Lipinski definition) is 7. The van der Waals surface area contributed by atoms with Crippen LogP contribution in [0, 0.1) is 0 Å². The van der Waals surface area contributed by atoms with E-state index in [2.05, 4.69) is 10.3 Å². The van der Waals surface area contributed by atoms with Gasteiger partial charge in [-0.2, -0.15) is 0 Å². The van der Waals surface area contributed by atoms with Crippen molar-refractivity contribution in [2.24, 2.45) is 0 Å². The van der Waals surface area contributed by atoms with Crippen molar-refractivity contribution in [2.45, 2.75) is 31.9 Å². The standard InChI is InChI=1S/C26H33N7O3/c1-18(25(34)31-12-14-32(15-13-31)26(35)21-5-4-16-36-21)28-24-23(29-22-17-27-10-11-33(22)24)19-6-8-20(9-7-19)30(2)3/h6-11,17-18,21,28H,4-5,12-16H2,1-3H3. The summed E-state index contributed by atoms with van der Waals surface area (Å²) in [6, 6.07) is 7.69. The Hall–Kier alpha value is -3.66. The van der Waals surface area contributed by atoms with E-state index in [9.17, 15) is 9.59 Å². The van der Waals surface area contributed by atoms with Gasteiger partial charge < -0.3 is 24.8 Å². The van der Waals surface area contributed by atoms with Crippen LogP contribution in [-0.4, -0.2) is 95.0 Å². The second kappa shape index (κ2) is 10.1. The maximum Gasteiger partial charge on any atom is 0.251 e. The van der Waals surface area contributed by atoms with E-state index in [-0.39, 0.29) is 17.9 Å². The first-order chi connectivity index (χ1) is 17.4. The molecule has 5 rings (SSSR count). The van der Waals surface area contributed by atoms with E-state index >= 15 is 0 Å². The van der Waals surface area contributed by atoms with E-state index < -0.39 is 6.04 Å². The first kappa shape index (κ1) is 24.1. The van der Waals surface area contributed by atoms with Crippen LogP contribution in [-0.2, 0) is 14.3 Å². The number of fused-ring (bicyclic) bond motifs is 1. The number of nitrogens with one attached hydrogen (secondary N) is 1. The number of piperazine rings is 1. The van der Waals surface area contributed by atoms with Crippen LogP contribution in [0.1, 0.15) is 19.8 Å². The second-order valence-corrected chi connectivity index (χ2v) is 9.57. The fourth-order valence-electron chi connectivity index (χ4n) is 4.83. The van der Waals surface area contributed by atoms with Crippen molar-refractivity contribution in [3.05, 3.63) is 42.9 Å². The van der Waals surface area contributed by atoms with Gasteiger partial charge in [-0.1, -0.05) is 12.1 Å². The SMILES string of the molecule is CC(Nc1c(-c2ccc(N(C)C)cc2)nc2cnccn12)C(=O)N1CCN(C(=O)C2CCCO2)CC1. The normalized spacial score (nSPS) is 18.9. The first-order valence-corrected chi connectivity index (χ1v) is 12.5. The summed E-state index contributed by atoms with van der Waals surface area (Å²) in [6.07, 6.45) is 6.65. The smallest absolute Gasteiger partial charge is 0.251 e. The van der Waals surface area contributed by atoms with Crippen molar-refractivity contribution in [1.29, 1.82) is 0 Å². The van der Waals surface area contributed by atoms with Crippen molar-refractivity contribution in [3.8, 4) is 11.3 Å². The quantitative estimate of drug-likeness (QED) is 0.564. The number of rotatable bonds is 6. The van der Waals surface area contributed by atoms with Gasteiger partial charge in [0.2, 0.25) is 5.91 Å². The molecule has 2 atom stereocenters. The predicted molar refractivity (Wildman–Crippen MR) is 138 cm³/mol. The maximum absolute atomic E-state index is 13.3. The van der Waals surface area contributed by atoms with Crippen molar-refractivity contribution in [2.75, 3.05) is 57.1 Å². The maximum atomic E-state index is 13.3. The zero-order chi connectivity index (χ0) is 25.2. The highest BCUT2D eigenvalue weighted by atomic mass is 16.5. The minimum atomic E-state index is -0.474. The summed E-state index contributed by atoms with van der Waals surface area (Å²) in [4.78, 5) is 40.7. The highest BCUT2D eigenvalue weighted by Crippen LogP contribution is 2.30. The van der Waals surface area contributed by atoms with Gasteiger partial charge in [0, 0.05) is 70.5 Å². The Morgan fingerprint density at radius 2 is 1.83 bits per heavy atom. The van der Waals surface area contributed by atoms with Gasteiger partial charge in [-0.25, -0.2) is 4.98 Å². The Balaban J connectivity index is 1.30. The van der Waals surface area contributed by atoms with Gasteiger partial charge >= 0.3 is 0 Å². The lowest BCUT2D eigenvalue weighted by Gasteiger charge is -2.37. The van der Waals surface area contributed by atoms with Gasteiger partial charge in [-0.15, -0.1) is 0 Å². The number of anilines is 2. The van der Waals surface area contributed by atoms with E-state index in [1.165, 1.54) is 0 Å². The molecule has 2 fully saturated rings. The average Bonchev–Trinajstić information content (AvgIpc) is 3.57. The fourth-order valence-corrected chi connectivity index (χ4v) is 4.83. The molecular weight excluding hydrogens is 458 g/mol. The summed E-state index contributed by atoms with van der Waals surface area (Å²) < 4.78 is 7.46. The lowest BCUT2D eigenvalue weighted by molar-refractivity contribution is -0.146. The number of carbonyl (C=O) groups excluding carboxylic acids is 2. The van der Waals surface area contributed by atoms with Gasteiger partial charge in [0.15, 0.2) is 5.65 Å². The van der Waals surface area contributed by atoms with Crippen LogP contribution in [0.2, 0.25) is 0 Å². The number of benzene rings is 1. The summed E-state index contributed by atoms with van der Waals surface area (Å²) in [5.74, 6) is 0.796. The molecule has 190 valence electrons. The number of amides is 2. The van der Waals surface area contributed by atoms with E-state index in [4.69, 9.17) is 9.72 Å². The molecule has 2 unspecified atom stereocenters. The molecule has 2 saturated heterocycles. The lowest BCUT2D eigenvalue weighted by Crippen LogP contribution is -2.55. The summed E-state index contributed by atoms with van der Waals surface area (Å²) in [6.45, 7) is 4.60. The number of imidazole rings is 1. The van der Waals surface area contributed by atoms with Crippen LogP contribution in [0.25, 0.3) is 16.9 Å². The number of ether oxygens (including phenoxy) is 1. The van der Waals surface area contributed by atoms with Crippen molar-refractivity contribution in [1.82, 2.24) is 24.2 Å². The molecule has 2 aliphatic rings. The van der Waals surface area contributed by atoms with Gasteiger partial charge in [0.25, 0.3) is 5.91 Å². The molecule has 0 saturated carbocycles. The molecule has 0 aliphatic carbocycles. The molecule has 4 heterocycles. The van der Waals surface area contributed by atoms with Gasteiger partial charge in [0.05, 0.1) is 6.20 Å². The molecule has 2 aliphatic heterocycles. The monoisotopic (exact) mass is 491 g/mol. The van der Waals surface area contributed by atoms with Crippen LogP contribution < -0.4 is 10.2 Å². The fraction of sp³-hybridized carbons (Fsp3) is 0.462. The molecule has 0 radical (unpaired) electrons. The summed E-state index contributed by atoms with van der Waals surface area (Å²) in [5, 5.41) is 3.42. The summed E-state index contributed by atoms with van der Waals surface area (Å²) >= 11 is 0. The number of aromatic nitrogens is 3. The van der Waals surface area contributed by atoms with Crippen LogP contribution in [0.5, 0.6) is 0 Å². The Labute approximate surface area is 210 Å². The van der Waals surface area contributed by atoms with Gasteiger partial charge in [-0.05, 0) is 31.9 Å². The van der Waals surface area contributed by atoms with E-state index in [0.29, 0.717) is 38.4 Å². The zero-order valence-corrected chi connectivity index (χ0v) is 21.1. The molecule has 2 aromatic heterocycles. The molecule has 0 bridgehead atoms. The van der Waals surface area contributed by atoms with Crippen LogP contribution >= 0.6 is 0 Å². The molecule has 1 aromatic carbocycles. The first-order valence-electron chi connectivity index (χ1n) is 12.5. The lowest BCUT2D eigenvalue weighted by atomic mass is 10.1. The van der Waals surface area contributed by atoms with Crippen molar-refractivity contribution < 1.29 is 14.3 Å². The van der Waals surface area contributed by atoms with Crippen molar-refractivity contribution in [3.63, 3.8) is 0 Å². The van der Waals surface area contributed by atoms with E-state index in [0.717, 1.165) is 35.6 Å². The topological polar surface area (TPSA) is 95.3 Å². The predicted octanol–water partition coefficient (Wildman–Crippen LogP) is 2.11. The number of nitrogens with zero attached hydrogens (tertiary/aromatic N) is 6. The Kier molecular flexibility index (Phi) is 6.77. The number of carbonyl (C=O) groups is 2. The Morgan fingerprint density at radius 3 is 2.50 bits per heavy atom. The Morgan fingerprint density at radius 1 is 1.11 bits per heavy atom. The molecule has 36 heavy (non-hydrogen) atoms. The van der Waals surface area contributed by atoms with Crippen LogP contribution in [0.3, 0.4) is 0 Å². The Bertz CT molecular complexity index is 1230. The summed E-state index contributed by atoms with van der Waals surface area (Å²) in [5.41, 5.74) is 3.51. The largest absolute Gasteiger partial charge is 0.378 e. The summed E-state index contributed by atoms with van der Waals surface area (Å²) in [7, 11) is 4.01. The van der Waals surface area contributed by atoms with Crippen LogP contribution in [0.4, 0.5) is 11.5 Å². The van der Waals surface area contributed by atoms with Crippen molar-refractivity contribution >= 4 is 29.0 Å². The second-order valence-electron chi connectivity index (χ2n) is 9.57. The average molecular weight is 492 g/mol. The minimum absolute atomic E-state index is 0.00266. The third-order valence-electron chi connectivity index (χ3n) is 6.92. The van der Waals surface area contributed by atoms with E-state index in [1.807, 2.05) is 70.6 Å². The molecular formula is C26H33N7O3. The molecule has 1 N–H and O–H groups in total. The highest BCUT2D eigenvalue weighted by Gasteiger charge is 2.32. The number of hydrogen-bond donors (Lipinski definition) is 1. The highest BCUT2D eigenvalue weighted by molar-refractivity contribution is 5.87. The molecule has 0 spiro atoms. The molecule has 2 amide bonds. The van der Waals surface area contributed by atoms with E-state index in [1.54, 1.807) is 12.4 Å². The molecule has 10 heteroatoms. The van der Waals surface area contributed by atoms with Gasteiger partial charge in [0.1, 0.15) is 23.7 Å². The minimum Gasteiger partial charge on any atom is -0.378 e. The molecule has 10 nitrogen and oxygen atoms in total. The molecule has 3 aromatic rings.